The van der Waals surface area contributed by atoms with Crippen molar-refractivity contribution >= 4 is 23.5 Å². The van der Waals surface area contributed by atoms with Crippen LogP contribution in [-0.2, 0) is 28.7 Å². The molecule has 0 amide bonds. The number of ether oxygens (including phenoxy) is 2. The van der Waals surface area contributed by atoms with Crippen molar-refractivity contribution in [1.82, 2.24) is 0 Å². The lowest BCUT2D eigenvalue weighted by molar-refractivity contribution is -0.164. The Morgan fingerprint density at radius 1 is 0.923 bits per heavy atom. The Morgan fingerprint density at radius 2 is 1.71 bits per heavy atom. The number of halogens is 1. The van der Waals surface area contributed by atoms with Gasteiger partial charge >= 0.3 is 11.9 Å². The topological polar surface area (TPSA) is 136 Å². The largest absolute Gasteiger partial charge is 0.463 e. The van der Waals surface area contributed by atoms with E-state index in [-0.39, 0.29) is 66.5 Å². The SMILES string of the molecule is CC1CC2(C)C(OC(=O)CCC(=O)OCC(N=O)[C@@]3(O)CCC4C5CCC6=CC(=O)C=CC6C5(F)CCC43)CCC2C2CCC3=CC(=O)CCC3C12. The molecule has 0 radical (unpaired) electrons. The molecule has 8 aliphatic carbocycles. The van der Waals surface area contributed by atoms with Gasteiger partial charge in [0.25, 0.3) is 0 Å². The van der Waals surface area contributed by atoms with Gasteiger partial charge in [0.05, 0.1) is 18.4 Å². The van der Waals surface area contributed by atoms with E-state index in [1.54, 1.807) is 12.2 Å². The maximum Gasteiger partial charge on any atom is 0.306 e. The van der Waals surface area contributed by atoms with Crippen LogP contribution in [0.1, 0.15) is 110 Å². The molecule has 0 aliphatic heterocycles. The molecule has 0 spiro atoms. The Hall–Kier alpha value is -3.01. The molecule has 8 rings (SSSR count). The third kappa shape index (κ3) is 5.79. The van der Waals surface area contributed by atoms with Crippen LogP contribution >= 0.6 is 0 Å². The van der Waals surface area contributed by atoms with E-state index in [4.69, 9.17) is 9.47 Å². The number of nitroso groups, excluding NO2 is 1. The summed E-state index contributed by atoms with van der Waals surface area (Å²) in [6.07, 6.45) is 15.3. The van der Waals surface area contributed by atoms with Gasteiger partial charge in [0.15, 0.2) is 17.6 Å². The van der Waals surface area contributed by atoms with Crippen molar-refractivity contribution in [3.63, 3.8) is 0 Å². The number of carbonyl (C=O) groups excluding carboxylic acids is 4. The fraction of sp³-hybridized carbons (Fsp3) is 0.762. The number of carbonyl (C=O) groups is 4. The molecule has 0 aromatic heterocycles. The number of nitrogens with zero attached hydrogens (tertiary/aromatic N) is 1. The Balaban J connectivity index is 0.834. The van der Waals surface area contributed by atoms with E-state index in [0.717, 1.165) is 44.1 Å². The molecule has 0 saturated heterocycles. The minimum atomic E-state index is -1.50. The maximum atomic E-state index is 16.7. The van der Waals surface area contributed by atoms with Crippen molar-refractivity contribution in [1.29, 1.82) is 0 Å². The molecular weight excluding hydrogens is 665 g/mol. The summed E-state index contributed by atoms with van der Waals surface area (Å²) in [5.74, 6) is 0.445. The van der Waals surface area contributed by atoms with Gasteiger partial charge in [-0.25, -0.2) is 4.39 Å². The molecule has 13 unspecified atom stereocenters. The van der Waals surface area contributed by atoms with Crippen molar-refractivity contribution in [2.24, 2.45) is 63.9 Å². The van der Waals surface area contributed by atoms with Gasteiger partial charge in [0.2, 0.25) is 0 Å². The molecule has 0 bridgehead atoms. The lowest BCUT2D eigenvalue weighted by Crippen LogP contribution is -2.56. The zero-order valence-corrected chi connectivity index (χ0v) is 30.6. The van der Waals surface area contributed by atoms with Gasteiger partial charge in [-0.05, 0) is 143 Å². The number of allylic oxidation sites excluding steroid dienone is 5. The third-order valence-corrected chi connectivity index (χ3v) is 15.9. The molecule has 6 fully saturated rings. The summed E-state index contributed by atoms with van der Waals surface area (Å²) in [6, 6.07) is -1.19. The van der Waals surface area contributed by atoms with Gasteiger partial charge < -0.3 is 14.6 Å². The molecule has 0 aromatic rings. The van der Waals surface area contributed by atoms with Crippen LogP contribution in [-0.4, -0.2) is 58.6 Å². The van der Waals surface area contributed by atoms with Gasteiger partial charge in [-0.15, -0.1) is 0 Å². The zero-order valence-electron chi connectivity index (χ0n) is 30.6. The quantitative estimate of drug-likeness (QED) is 0.207. The first-order valence-electron chi connectivity index (χ1n) is 20.1. The summed E-state index contributed by atoms with van der Waals surface area (Å²) < 4.78 is 28.3. The van der Waals surface area contributed by atoms with E-state index in [0.29, 0.717) is 61.7 Å². The van der Waals surface area contributed by atoms with Crippen LogP contribution in [0.5, 0.6) is 0 Å². The van der Waals surface area contributed by atoms with E-state index >= 15 is 4.39 Å². The second kappa shape index (κ2) is 13.4. The Morgan fingerprint density at radius 3 is 2.52 bits per heavy atom. The highest BCUT2D eigenvalue weighted by atomic mass is 19.1. The van der Waals surface area contributed by atoms with Crippen LogP contribution in [0.25, 0.3) is 0 Å². The summed E-state index contributed by atoms with van der Waals surface area (Å²) in [7, 11) is 0. The molecule has 14 atom stereocenters. The molecule has 9 nitrogen and oxygen atoms in total. The normalized spacial score (nSPS) is 45.2. The second-order valence-corrected chi connectivity index (χ2v) is 18.1. The van der Waals surface area contributed by atoms with Crippen LogP contribution in [0.3, 0.4) is 0 Å². The fourth-order valence-electron chi connectivity index (χ4n) is 13.8. The number of alkyl halides is 1. The van der Waals surface area contributed by atoms with Crippen LogP contribution in [0.4, 0.5) is 4.39 Å². The van der Waals surface area contributed by atoms with Crippen LogP contribution in [0.2, 0.25) is 0 Å². The van der Waals surface area contributed by atoms with Gasteiger partial charge in [-0.1, -0.05) is 36.2 Å². The van der Waals surface area contributed by atoms with Crippen molar-refractivity contribution in [2.45, 2.75) is 134 Å². The Bertz CT molecular complexity index is 1620. The van der Waals surface area contributed by atoms with E-state index in [9.17, 15) is 29.2 Å². The summed E-state index contributed by atoms with van der Waals surface area (Å²) in [5, 5.41) is 15.1. The molecule has 10 heteroatoms. The number of hydrogen-bond acceptors (Lipinski definition) is 9. The highest BCUT2D eigenvalue weighted by Crippen LogP contribution is 2.65. The van der Waals surface area contributed by atoms with Gasteiger partial charge in [0.1, 0.15) is 18.4 Å². The molecule has 282 valence electrons. The molecule has 6 saturated carbocycles. The highest BCUT2D eigenvalue weighted by Gasteiger charge is 2.64. The first kappa shape index (κ1) is 36.0. The first-order valence-corrected chi connectivity index (χ1v) is 20.1. The summed E-state index contributed by atoms with van der Waals surface area (Å²) in [6.45, 7) is 4.22. The van der Waals surface area contributed by atoms with Gasteiger partial charge in [-0.2, -0.15) is 4.91 Å². The maximum absolute atomic E-state index is 16.7. The predicted octanol–water partition coefficient (Wildman–Crippen LogP) is 7.10. The lowest BCUT2D eigenvalue weighted by atomic mass is 9.49. The summed E-state index contributed by atoms with van der Waals surface area (Å²) >= 11 is 0. The summed E-state index contributed by atoms with van der Waals surface area (Å²) in [5.41, 5.74) is -0.921. The molecular formula is C42H54FNO8. The van der Waals surface area contributed by atoms with Crippen LogP contribution < -0.4 is 0 Å². The number of esters is 2. The minimum Gasteiger partial charge on any atom is -0.463 e. The van der Waals surface area contributed by atoms with Gasteiger partial charge in [-0.3, -0.25) is 19.2 Å². The Labute approximate surface area is 305 Å². The number of rotatable bonds is 8. The van der Waals surface area contributed by atoms with Crippen LogP contribution in [0.15, 0.2) is 40.6 Å². The second-order valence-electron chi connectivity index (χ2n) is 18.1. The van der Waals surface area contributed by atoms with Crippen molar-refractivity contribution < 1.29 is 38.1 Å². The molecule has 52 heavy (non-hydrogen) atoms. The van der Waals surface area contributed by atoms with Crippen LogP contribution in [0, 0.1) is 63.6 Å². The smallest absolute Gasteiger partial charge is 0.306 e. The number of hydrogen-bond donors (Lipinski definition) is 1. The average molecular weight is 720 g/mol. The van der Waals surface area contributed by atoms with E-state index in [1.807, 2.05) is 6.08 Å². The predicted molar refractivity (Wildman–Crippen MR) is 189 cm³/mol. The number of ketones is 2. The Kier molecular flexibility index (Phi) is 9.26. The van der Waals surface area contributed by atoms with Crippen molar-refractivity contribution in [3.05, 3.63) is 40.4 Å². The van der Waals surface area contributed by atoms with Crippen molar-refractivity contribution in [2.75, 3.05) is 6.61 Å². The highest BCUT2D eigenvalue weighted by molar-refractivity contribution is 6.01. The van der Waals surface area contributed by atoms with E-state index in [1.165, 1.54) is 11.6 Å². The number of aliphatic hydroxyl groups is 1. The van der Waals surface area contributed by atoms with E-state index < -0.39 is 41.8 Å². The monoisotopic (exact) mass is 719 g/mol. The minimum absolute atomic E-state index is 0.103. The first-order chi connectivity index (χ1) is 24.9. The molecule has 8 aliphatic rings. The molecule has 1 N–H and O–H groups in total. The lowest BCUT2D eigenvalue weighted by Gasteiger charge is -2.56. The third-order valence-electron chi connectivity index (χ3n) is 15.9. The molecule has 0 aromatic carbocycles. The fourth-order valence-corrected chi connectivity index (χ4v) is 13.8. The van der Waals surface area contributed by atoms with Crippen molar-refractivity contribution in [3.8, 4) is 0 Å². The molecule has 0 heterocycles. The summed E-state index contributed by atoms with van der Waals surface area (Å²) in [4.78, 5) is 62.2. The zero-order chi connectivity index (χ0) is 36.6. The van der Waals surface area contributed by atoms with E-state index in [2.05, 4.69) is 19.0 Å². The van der Waals surface area contributed by atoms with Gasteiger partial charge in [0, 0.05) is 17.8 Å². The standard InChI is InChI=1S/C42H54FNO8/c1-23-21-40(2)32(30-7-3-24-19-26(45)5-8-28(24)39(23)30)11-12-36(40)52-38(48)14-13-37(47)51-22-35(44-50)42(49)18-15-29-33-9-4-25-20-27(46)6-10-31(25)41(33,43)17-16-34(29)42/h6,10,19-20,23,28-36,39,49H,3-5,7-9,11-18,21-22H2,1-2H3/t23?,28?,29?,30?,31?,32?,33?,34?,35?,36?,39?,40?,41?,42-/m1/s1. The number of fused-ring (bicyclic) bond motifs is 10. The average Bonchev–Trinajstić information content (AvgIpc) is 3.62.